The Morgan fingerprint density at radius 3 is 2.69 bits per heavy atom. The Hall–Kier alpha value is -2.86. The highest BCUT2D eigenvalue weighted by Gasteiger charge is 2.16. The van der Waals surface area contributed by atoms with Crippen LogP contribution in [0.15, 0.2) is 46.1 Å². The van der Waals surface area contributed by atoms with E-state index in [9.17, 15) is 9.59 Å². The number of ether oxygens (including phenoxy) is 1. The summed E-state index contributed by atoms with van der Waals surface area (Å²) in [5, 5.41) is 0.416. The third-order valence-corrected chi connectivity index (χ3v) is 4.45. The molecule has 3 aromatic rings. The van der Waals surface area contributed by atoms with Gasteiger partial charge in [-0.15, -0.1) is 0 Å². The Labute approximate surface area is 155 Å². The molecule has 0 aliphatic rings. The van der Waals surface area contributed by atoms with E-state index in [1.807, 2.05) is 26.0 Å². The van der Waals surface area contributed by atoms with Gasteiger partial charge in [0, 0.05) is 24.4 Å². The standard InChI is InChI=1S/C19H18ClN3O3/c1-4-13-16(23(3)19(25)22-17(13)24)14-8-7-12(10-11(14)2)26-18-15(20)6-5-9-21-18/h5-10H,4H2,1-3H3,(H,22,24,25). The molecule has 7 heteroatoms. The van der Waals surface area contributed by atoms with Crippen LogP contribution in [0.5, 0.6) is 11.6 Å². The summed E-state index contributed by atoms with van der Waals surface area (Å²) >= 11 is 6.07. The zero-order valence-corrected chi connectivity index (χ0v) is 15.4. The van der Waals surface area contributed by atoms with E-state index >= 15 is 0 Å². The first-order valence-electron chi connectivity index (χ1n) is 8.14. The van der Waals surface area contributed by atoms with Gasteiger partial charge in [0.1, 0.15) is 10.8 Å². The van der Waals surface area contributed by atoms with Gasteiger partial charge in [0.05, 0.1) is 5.69 Å². The fraction of sp³-hybridized carbons (Fsp3) is 0.211. The van der Waals surface area contributed by atoms with E-state index in [4.69, 9.17) is 16.3 Å². The SMILES string of the molecule is CCc1c(-c2ccc(Oc3ncccc3Cl)cc2C)n(C)c(=O)[nH]c1=O. The van der Waals surface area contributed by atoms with Crippen LogP contribution in [0.25, 0.3) is 11.3 Å². The summed E-state index contributed by atoms with van der Waals surface area (Å²) in [5.41, 5.74) is 2.04. The van der Waals surface area contributed by atoms with Crippen molar-refractivity contribution in [2.75, 3.05) is 0 Å². The van der Waals surface area contributed by atoms with Crippen molar-refractivity contribution in [3.63, 3.8) is 0 Å². The maximum atomic E-state index is 12.2. The first-order valence-corrected chi connectivity index (χ1v) is 8.51. The highest BCUT2D eigenvalue weighted by molar-refractivity contribution is 6.31. The summed E-state index contributed by atoms with van der Waals surface area (Å²) < 4.78 is 7.19. The van der Waals surface area contributed by atoms with Crippen molar-refractivity contribution in [1.29, 1.82) is 0 Å². The number of hydrogen-bond acceptors (Lipinski definition) is 4. The highest BCUT2D eigenvalue weighted by atomic mass is 35.5. The largest absolute Gasteiger partial charge is 0.438 e. The molecule has 2 aromatic heterocycles. The van der Waals surface area contributed by atoms with Crippen molar-refractivity contribution in [3.05, 3.63) is 73.5 Å². The zero-order valence-electron chi connectivity index (χ0n) is 14.7. The van der Waals surface area contributed by atoms with Gasteiger partial charge in [-0.1, -0.05) is 18.5 Å². The molecule has 3 rings (SSSR count). The summed E-state index contributed by atoms with van der Waals surface area (Å²) in [4.78, 5) is 30.6. The van der Waals surface area contributed by atoms with Crippen LogP contribution in [0, 0.1) is 6.92 Å². The Morgan fingerprint density at radius 1 is 1.27 bits per heavy atom. The zero-order chi connectivity index (χ0) is 18.8. The van der Waals surface area contributed by atoms with Gasteiger partial charge in [-0.05, 0) is 49.2 Å². The fourth-order valence-corrected chi connectivity index (χ4v) is 3.02. The number of halogens is 1. The Bertz CT molecular complexity index is 1090. The van der Waals surface area contributed by atoms with Gasteiger partial charge in [0.25, 0.3) is 5.56 Å². The molecule has 134 valence electrons. The van der Waals surface area contributed by atoms with E-state index < -0.39 is 5.69 Å². The molecule has 2 heterocycles. The van der Waals surface area contributed by atoms with Crippen molar-refractivity contribution in [3.8, 4) is 22.9 Å². The summed E-state index contributed by atoms with van der Waals surface area (Å²) in [6.45, 7) is 3.78. The molecule has 0 saturated heterocycles. The summed E-state index contributed by atoms with van der Waals surface area (Å²) in [6.07, 6.45) is 2.11. The van der Waals surface area contributed by atoms with Gasteiger partial charge in [0.2, 0.25) is 5.88 Å². The number of aromatic amines is 1. The average molecular weight is 372 g/mol. The summed E-state index contributed by atoms with van der Waals surface area (Å²) in [6, 6.07) is 8.84. The number of hydrogen-bond donors (Lipinski definition) is 1. The number of aromatic nitrogens is 3. The van der Waals surface area contributed by atoms with E-state index in [-0.39, 0.29) is 5.56 Å². The number of pyridine rings is 1. The predicted octanol–water partition coefficient (Wildman–Crippen LogP) is 3.45. The van der Waals surface area contributed by atoms with E-state index in [0.717, 1.165) is 11.1 Å². The fourth-order valence-electron chi connectivity index (χ4n) is 2.86. The number of nitrogens with zero attached hydrogens (tertiary/aromatic N) is 2. The van der Waals surface area contributed by atoms with Crippen molar-refractivity contribution < 1.29 is 4.74 Å². The van der Waals surface area contributed by atoms with Gasteiger partial charge in [-0.25, -0.2) is 9.78 Å². The van der Waals surface area contributed by atoms with Gasteiger partial charge in [-0.2, -0.15) is 0 Å². The number of aryl methyl sites for hydroxylation is 1. The van der Waals surface area contributed by atoms with E-state index in [1.165, 1.54) is 4.57 Å². The van der Waals surface area contributed by atoms with Crippen molar-refractivity contribution >= 4 is 11.6 Å². The molecule has 0 fully saturated rings. The Morgan fingerprint density at radius 2 is 2.04 bits per heavy atom. The molecule has 0 atom stereocenters. The minimum Gasteiger partial charge on any atom is -0.438 e. The second-order valence-corrected chi connectivity index (χ2v) is 6.28. The van der Waals surface area contributed by atoms with Crippen LogP contribution in [0.1, 0.15) is 18.1 Å². The van der Waals surface area contributed by atoms with Crippen LogP contribution in [0.3, 0.4) is 0 Å². The molecule has 1 aromatic carbocycles. The normalized spacial score (nSPS) is 10.8. The summed E-state index contributed by atoms with van der Waals surface area (Å²) in [7, 11) is 1.64. The van der Waals surface area contributed by atoms with Crippen LogP contribution >= 0.6 is 11.6 Å². The smallest absolute Gasteiger partial charge is 0.328 e. The lowest BCUT2D eigenvalue weighted by atomic mass is 10.00. The molecule has 26 heavy (non-hydrogen) atoms. The predicted molar refractivity (Wildman–Crippen MR) is 101 cm³/mol. The van der Waals surface area contributed by atoms with E-state index in [2.05, 4.69) is 9.97 Å². The van der Waals surface area contributed by atoms with Gasteiger partial charge in [-0.3, -0.25) is 14.3 Å². The molecule has 0 unspecified atom stereocenters. The molecule has 6 nitrogen and oxygen atoms in total. The third-order valence-electron chi connectivity index (χ3n) is 4.17. The molecular formula is C19H18ClN3O3. The van der Waals surface area contributed by atoms with Crippen LogP contribution in [-0.4, -0.2) is 14.5 Å². The quantitative estimate of drug-likeness (QED) is 0.762. The Kier molecular flexibility index (Phi) is 4.95. The van der Waals surface area contributed by atoms with Gasteiger partial charge >= 0.3 is 5.69 Å². The lowest BCUT2D eigenvalue weighted by Gasteiger charge is -2.15. The molecule has 0 bridgehead atoms. The third kappa shape index (κ3) is 3.28. The van der Waals surface area contributed by atoms with Crippen molar-refractivity contribution in [2.45, 2.75) is 20.3 Å². The lowest BCUT2D eigenvalue weighted by molar-refractivity contribution is 0.463. The molecule has 0 amide bonds. The number of nitrogens with one attached hydrogen (secondary N) is 1. The average Bonchev–Trinajstić information content (AvgIpc) is 2.60. The number of benzene rings is 1. The minimum atomic E-state index is -0.442. The molecular weight excluding hydrogens is 354 g/mol. The van der Waals surface area contributed by atoms with Crippen molar-refractivity contribution in [1.82, 2.24) is 14.5 Å². The summed E-state index contributed by atoms with van der Waals surface area (Å²) in [5.74, 6) is 0.888. The van der Waals surface area contributed by atoms with Gasteiger partial charge in [0.15, 0.2) is 0 Å². The highest BCUT2D eigenvalue weighted by Crippen LogP contribution is 2.31. The maximum Gasteiger partial charge on any atom is 0.328 e. The van der Waals surface area contributed by atoms with Crippen LogP contribution < -0.4 is 16.0 Å². The maximum absolute atomic E-state index is 12.2. The van der Waals surface area contributed by atoms with E-state index in [0.29, 0.717) is 34.3 Å². The number of H-pyrrole nitrogens is 1. The molecule has 0 aliphatic carbocycles. The van der Waals surface area contributed by atoms with E-state index in [1.54, 1.807) is 31.4 Å². The molecule has 0 spiro atoms. The Balaban J connectivity index is 2.08. The van der Waals surface area contributed by atoms with Crippen LogP contribution in [0.2, 0.25) is 5.02 Å². The topological polar surface area (TPSA) is 77.0 Å². The van der Waals surface area contributed by atoms with Crippen molar-refractivity contribution in [2.24, 2.45) is 7.05 Å². The van der Waals surface area contributed by atoms with Gasteiger partial charge < -0.3 is 4.74 Å². The molecule has 0 radical (unpaired) electrons. The number of rotatable bonds is 4. The first-order chi connectivity index (χ1) is 12.4. The minimum absolute atomic E-state index is 0.319. The second kappa shape index (κ2) is 7.17. The lowest BCUT2D eigenvalue weighted by Crippen LogP contribution is -2.32. The second-order valence-electron chi connectivity index (χ2n) is 5.87. The molecule has 0 saturated carbocycles. The van der Waals surface area contributed by atoms with Crippen LogP contribution in [0.4, 0.5) is 0 Å². The van der Waals surface area contributed by atoms with Crippen LogP contribution in [-0.2, 0) is 13.5 Å². The monoisotopic (exact) mass is 371 g/mol. The molecule has 1 N–H and O–H groups in total. The first kappa shape index (κ1) is 17.9. The molecule has 0 aliphatic heterocycles.